The highest BCUT2D eigenvalue weighted by molar-refractivity contribution is 5.68. The molecule has 1 atom stereocenters. The predicted molar refractivity (Wildman–Crippen MR) is 123 cm³/mol. The molecule has 1 aromatic carbocycles. The van der Waals surface area contributed by atoms with Crippen LogP contribution in [0.3, 0.4) is 0 Å². The Morgan fingerprint density at radius 2 is 1.75 bits per heavy atom. The van der Waals surface area contributed by atoms with E-state index in [0.29, 0.717) is 11.3 Å². The van der Waals surface area contributed by atoms with Gasteiger partial charge in [0.15, 0.2) is 0 Å². The number of fused-ring (bicyclic) bond motifs is 1. The van der Waals surface area contributed by atoms with E-state index in [1.165, 1.54) is 21.6 Å². The molecule has 36 heavy (non-hydrogen) atoms. The summed E-state index contributed by atoms with van der Waals surface area (Å²) < 4.78 is 59.1. The van der Waals surface area contributed by atoms with Crippen molar-refractivity contribution in [2.75, 3.05) is 12.3 Å². The summed E-state index contributed by atoms with van der Waals surface area (Å²) in [6, 6.07) is 5.69. The Balaban J connectivity index is 1.30. The summed E-state index contributed by atoms with van der Waals surface area (Å²) in [6.07, 6.45) is -3.07. The van der Waals surface area contributed by atoms with E-state index in [-0.39, 0.29) is 74.5 Å². The number of nitrogen functional groups attached to an aromatic ring is 1. The van der Waals surface area contributed by atoms with Crippen LogP contribution in [0.1, 0.15) is 61.4 Å². The SMILES string of the molecule is Nc1nc2c(c(=O)n1C(c1ccc(F)cc1)C1CC1)CCN(C(=O)OC1CCC(C(F)(F)F)CC1)C2. The van der Waals surface area contributed by atoms with E-state index < -0.39 is 24.3 Å². The summed E-state index contributed by atoms with van der Waals surface area (Å²) in [5.74, 6) is -1.48. The van der Waals surface area contributed by atoms with E-state index >= 15 is 0 Å². The van der Waals surface area contributed by atoms with Crippen molar-refractivity contribution < 1.29 is 27.1 Å². The quantitative estimate of drug-likeness (QED) is 0.611. The maximum Gasteiger partial charge on any atom is 0.410 e. The van der Waals surface area contributed by atoms with Gasteiger partial charge in [0.25, 0.3) is 5.56 Å². The van der Waals surface area contributed by atoms with Crippen molar-refractivity contribution in [1.29, 1.82) is 0 Å². The van der Waals surface area contributed by atoms with E-state index in [1.807, 2.05) is 0 Å². The molecule has 2 aliphatic carbocycles. The van der Waals surface area contributed by atoms with Crippen molar-refractivity contribution in [3.63, 3.8) is 0 Å². The second-order valence-corrected chi connectivity index (χ2v) is 9.97. The molecule has 0 radical (unpaired) electrons. The molecule has 0 saturated heterocycles. The molecule has 1 unspecified atom stereocenters. The van der Waals surface area contributed by atoms with Crippen LogP contribution in [-0.2, 0) is 17.7 Å². The number of alkyl halides is 3. The van der Waals surface area contributed by atoms with Crippen molar-refractivity contribution in [1.82, 2.24) is 14.5 Å². The van der Waals surface area contributed by atoms with Crippen molar-refractivity contribution in [2.24, 2.45) is 11.8 Å². The zero-order chi connectivity index (χ0) is 25.6. The van der Waals surface area contributed by atoms with Gasteiger partial charge < -0.3 is 15.4 Å². The molecule has 2 saturated carbocycles. The molecule has 5 rings (SSSR count). The Morgan fingerprint density at radius 3 is 2.36 bits per heavy atom. The molecule has 1 aliphatic heterocycles. The Kier molecular flexibility index (Phi) is 6.42. The van der Waals surface area contributed by atoms with Crippen molar-refractivity contribution in [3.8, 4) is 0 Å². The number of rotatable bonds is 4. The van der Waals surface area contributed by atoms with E-state index in [4.69, 9.17) is 10.5 Å². The van der Waals surface area contributed by atoms with E-state index in [9.17, 15) is 27.2 Å². The smallest absolute Gasteiger partial charge is 0.410 e. The minimum absolute atomic E-state index is 0.0284. The summed E-state index contributed by atoms with van der Waals surface area (Å²) in [6.45, 7) is 0.270. The summed E-state index contributed by atoms with van der Waals surface area (Å²) >= 11 is 0. The van der Waals surface area contributed by atoms with Gasteiger partial charge in [0.2, 0.25) is 5.95 Å². The summed E-state index contributed by atoms with van der Waals surface area (Å²) in [4.78, 5) is 32.1. The molecule has 0 bridgehead atoms. The van der Waals surface area contributed by atoms with E-state index in [0.717, 1.165) is 18.4 Å². The van der Waals surface area contributed by atoms with Gasteiger partial charge in [-0.05, 0) is 68.6 Å². The molecule has 2 heterocycles. The maximum absolute atomic E-state index is 13.5. The molecule has 2 aromatic rings. The molecule has 7 nitrogen and oxygen atoms in total. The van der Waals surface area contributed by atoms with Crippen molar-refractivity contribution >= 4 is 12.0 Å². The van der Waals surface area contributed by atoms with Crippen LogP contribution in [0.4, 0.5) is 28.3 Å². The highest BCUT2D eigenvalue weighted by Crippen LogP contribution is 2.44. The van der Waals surface area contributed by atoms with Crippen molar-refractivity contribution in [3.05, 3.63) is 57.3 Å². The van der Waals surface area contributed by atoms with E-state index in [2.05, 4.69) is 4.98 Å². The molecule has 3 aliphatic rings. The van der Waals surface area contributed by atoms with Gasteiger partial charge in [0, 0.05) is 12.1 Å². The third-order valence-electron chi connectivity index (χ3n) is 7.52. The lowest BCUT2D eigenvalue weighted by atomic mass is 9.87. The Hall–Kier alpha value is -3.11. The number of anilines is 1. The van der Waals surface area contributed by atoms with Crippen LogP contribution in [0.5, 0.6) is 0 Å². The molecule has 11 heteroatoms. The second kappa shape index (κ2) is 9.40. The Labute approximate surface area is 205 Å². The molecule has 194 valence electrons. The minimum atomic E-state index is -4.22. The molecular weight excluding hydrogens is 480 g/mol. The number of carbonyl (C=O) groups is 1. The number of nitrogens with two attached hydrogens (primary N) is 1. The summed E-state index contributed by atoms with van der Waals surface area (Å²) in [5, 5.41) is 0. The monoisotopic (exact) mass is 508 g/mol. The first kappa shape index (κ1) is 24.6. The Bertz CT molecular complexity index is 1190. The topological polar surface area (TPSA) is 90.5 Å². The number of hydrogen-bond donors (Lipinski definition) is 1. The van der Waals surface area contributed by atoms with Crippen LogP contribution < -0.4 is 11.3 Å². The number of amides is 1. The Morgan fingerprint density at radius 1 is 1.08 bits per heavy atom. The first-order chi connectivity index (χ1) is 17.1. The first-order valence-electron chi connectivity index (χ1n) is 12.3. The normalized spacial score (nSPS) is 23.2. The number of halogens is 4. The molecule has 0 spiro atoms. The highest BCUT2D eigenvalue weighted by Gasteiger charge is 2.42. The van der Waals surface area contributed by atoms with Gasteiger partial charge in [-0.15, -0.1) is 0 Å². The zero-order valence-corrected chi connectivity index (χ0v) is 19.6. The van der Waals surface area contributed by atoms with Gasteiger partial charge in [-0.25, -0.2) is 14.2 Å². The van der Waals surface area contributed by atoms with Crippen LogP contribution in [0.2, 0.25) is 0 Å². The average Bonchev–Trinajstić information content (AvgIpc) is 3.67. The predicted octanol–water partition coefficient (Wildman–Crippen LogP) is 4.58. The zero-order valence-electron chi connectivity index (χ0n) is 19.6. The lowest BCUT2D eigenvalue weighted by Crippen LogP contribution is -2.43. The fourth-order valence-corrected chi connectivity index (χ4v) is 5.37. The lowest BCUT2D eigenvalue weighted by molar-refractivity contribution is -0.186. The van der Waals surface area contributed by atoms with Gasteiger partial charge >= 0.3 is 12.3 Å². The van der Waals surface area contributed by atoms with Gasteiger partial charge in [0.05, 0.1) is 24.2 Å². The van der Waals surface area contributed by atoms with Crippen LogP contribution in [0.25, 0.3) is 0 Å². The molecule has 2 N–H and O–H groups in total. The van der Waals surface area contributed by atoms with Crippen molar-refractivity contribution in [2.45, 2.75) is 69.8 Å². The highest BCUT2D eigenvalue weighted by atomic mass is 19.4. The lowest BCUT2D eigenvalue weighted by Gasteiger charge is -2.33. The number of nitrogens with zero attached hydrogens (tertiary/aromatic N) is 3. The molecule has 1 amide bonds. The largest absolute Gasteiger partial charge is 0.446 e. The average molecular weight is 509 g/mol. The fraction of sp³-hybridized carbons (Fsp3) is 0.560. The number of aromatic nitrogens is 2. The minimum Gasteiger partial charge on any atom is -0.446 e. The summed E-state index contributed by atoms with van der Waals surface area (Å²) in [5.41, 5.74) is 7.64. The molecular formula is C25H28F4N4O3. The molecule has 1 aromatic heterocycles. The number of benzene rings is 1. The maximum atomic E-state index is 13.5. The van der Waals surface area contributed by atoms with Crippen LogP contribution in [-0.4, -0.2) is 39.4 Å². The number of hydrogen-bond acceptors (Lipinski definition) is 5. The second-order valence-electron chi connectivity index (χ2n) is 9.97. The fourth-order valence-electron chi connectivity index (χ4n) is 5.37. The van der Waals surface area contributed by atoms with Crippen LogP contribution in [0, 0.1) is 17.7 Å². The van der Waals surface area contributed by atoms with Gasteiger partial charge in [-0.2, -0.15) is 13.2 Å². The molecule has 2 fully saturated rings. The third kappa shape index (κ3) is 4.92. The van der Waals surface area contributed by atoms with E-state index in [1.54, 1.807) is 12.1 Å². The number of ether oxygens (including phenoxy) is 1. The third-order valence-corrected chi connectivity index (χ3v) is 7.52. The standard InChI is InChI=1S/C25H28F4N4O3/c26-17-7-3-15(4-8-17)21(14-1-2-14)33-22(34)19-11-12-32(13-20(19)31-23(33)30)24(35)36-18-9-5-16(6-10-18)25(27,28)29/h3-4,7-8,14,16,18,21H,1-2,5-6,9-13H2,(H2,30,31). The summed E-state index contributed by atoms with van der Waals surface area (Å²) in [7, 11) is 0. The van der Waals surface area contributed by atoms with Gasteiger partial charge in [0.1, 0.15) is 11.9 Å². The van der Waals surface area contributed by atoms with Gasteiger partial charge in [-0.1, -0.05) is 12.1 Å². The first-order valence-corrected chi connectivity index (χ1v) is 12.3. The number of carbonyl (C=O) groups excluding carboxylic acids is 1. The van der Waals surface area contributed by atoms with Crippen LogP contribution >= 0.6 is 0 Å². The van der Waals surface area contributed by atoms with Gasteiger partial charge in [-0.3, -0.25) is 9.36 Å². The van der Waals surface area contributed by atoms with Crippen LogP contribution in [0.15, 0.2) is 29.1 Å².